The summed E-state index contributed by atoms with van der Waals surface area (Å²) in [5.41, 5.74) is 2.45. The summed E-state index contributed by atoms with van der Waals surface area (Å²) >= 11 is 1.74. The van der Waals surface area contributed by atoms with E-state index in [0.29, 0.717) is 32.2 Å². The van der Waals surface area contributed by atoms with Crippen molar-refractivity contribution in [3.8, 4) is 5.75 Å². The van der Waals surface area contributed by atoms with Gasteiger partial charge in [0.2, 0.25) is 5.91 Å². The van der Waals surface area contributed by atoms with Gasteiger partial charge in [-0.05, 0) is 60.9 Å². The molecule has 0 bridgehead atoms. The van der Waals surface area contributed by atoms with Gasteiger partial charge >= 0.3 is 0 Å². The molecule has 1 aliphatic rings. The molecule has 1 amide bonds. The van der Waals surface area contributed by atoms with Crippen molar-refractivity contribution in [1.82, 2.24) is 9.80 Å². The highest BCUT2D eigenvalue weighted by molar-refractivity contribution is 7.10. The number of hydrogen-bond acceptors (Lipinski definition) is 6. The Morgan fingerprint density at radius 1 is 1.26 bits per heavy atom. The number of thiophene rings is 1. The summed E-state index contributed by atoms with van der Waals surface area (Å²) in [7, 11) is 0. The molecule has 2 heterocycles. The number of benzene rings is 1. The summed E-state index contributed by atoms with van der Waals surface area (Å²) in [5.74, 6) is 1.31. The van der Waals surface area contributed by atoms with Crippen LogP contribution in [0.5, 0.6) is 5.75 Å². The molecule has 1 N–H and O–H groups in total. The van der Waals surface area contributed by atoms with Crippen LogP contribution in [0.25, 0.3) is 0 Å². The Balaban J connectivity index is 1.68. The summed E-state index contributed by atoms with van der Waals surface area (Å²) < 4.78 is 11.7. The second kappa shape index (κ2) is 13.2. The average Bonchev–Trinajstić information content (AvgIpc) is 3.30. The third-order valence-electron chi connectivity index (χ3n) is 6.21. The number of fused-ring (bicyclic) bond motifs is 1. The maximum absolute atomic E-state index is 13.5. The molecular weight excluding hydrogens is 460 g/mol. The van der Waals surface area contributed by atoms with Crippen molar-refractivity contribution in [2.24, 2.45) is 0 Å². The summed E-state index contributed by atoms with van der Waals surface area (Å²) in [6, 6.07) is 10.2. The van der Waals surface area contributed by atoms with Gasteiger partial charge in [0.25, 0.3) is 0 Å². The molecule has 3 rings (SSSR count). The van der Waals surface area contributed by atoms with Crippen LogP contribution < -0.4 is 4.74 Å². The standard InChI is InChI=1S/C28H40N2O4S/c1-6-13-29(16-23(31)18-33-21(4)5)17-28(32)30-14-11-27-25(12-15-35-27)26(30)19-34-24-9-7-22(8-10-24)20(2)3/h6-10,12,15,20-21,23,26,31H,1,11,13-14,16-19H2,2-5H3. The van der Waals surface area contributed by atoms with E-state index < -0.39 is 6.10 Å². The van der Waals surface area contributed by atoms with Crippen LogP contribution in [-0.2, 0) is 16.0 Å². The summed E-state index contributed by atoms with van der Waals surface area (Å²) in [6.45, 7) is 14.4. The monoisotopic (exact) mass is 500 g/mol. The zero-order valence-electron chi connectivity index (χ0n) is 21.5. The van der Waals surface area contributed by atoms with E-state index >= 15 is 0 Å². The predicted molar refractivity (Wildman–Crippen MR) is 142 cm³/mol. The number of amides is 1. The van der Waals surface area contributed by atoms with Gasteiger partial charge in [0.05, 0.1) is 31.4 Å². The topological polar surface area (TPSA) is 62.2 Å². The number of ether oxygens (including phenoxy) is 2. The lowest BCUT2D eigenvalue weighted by Crippen LogP contribution is -2.48. The summed E-state index contributed by atoms with van der Waals surface area (Å²) in [5, 5.41) is 12.5. The van der Waals surface area contributed by atoms with E-state index in [-0.39, 0.29) is 31.2 Å². The second-order valence-electron chi connectivity index (χ2n) is 9.71. The Labute approximate surface area is 214 Å². The van der Waals surface area contributed by atoms with Gasteiger partial charge in [0.1, 0.15) is 12.4 Å². The Kier molecular flexibility index (Phi) is 10.3. The first kappa shape index (κ1) is 27.4. The van der Waals surface area contributed by atoms with E-state index in [9.17, 15) is 9.90 Å². The fourth-order valence-electron chi connectivity index (χ4n) is 4.32. The van der Waals surface area contributed by atoms with Crippen molar-refractivity contribution in [2.45, 2.75) is 58.3 Å². The van der Waals surface area contributed by atoms with E-state index in [1.165, 1.54) is 16.0 Å². The highest BCUT2D eigenvalue weighted by atomic mass is 32.1. The lowest BCUT2D eigenvalue weighted by Gasteiger charge is -2.37. The number of aliphatic hydroxyl groups is 1. The normalized spacial score (nSPS) is 16.6. The van der Waals surface area contributed by atoms with Crippen LogP contribution in [0.3, 0.4) is 0 Å². The van der Waals surface area contributed by atoms with Crippen LogP contribution in [0.2, 0.25) is 0 Å². The second-order valence-corrected chi connectivity index (χ2v) is 10.7. The van der Waals surface area contributed by atoms with Crippen molar-refractivity contribution in [1.29, 1.82) is 0 Å². The van der Waals surface area contributed by atoms with E-state index in [1.807, 2.05) is 35.8 Å². The maximum Gasteiger partial charge on any atom is 0.237 e. The highest BCUT2D eigenvalue weighted by Crippen LogP contribution is 2.34. The van der Waals surface area contributed by atoms with E-state index in [4.69, 9.17) is 9.47 Å². The van der Waals surface area contributed by atoms with Gasteiger partial charge in [0.15, 0.2) is 0 Å². The third kappa shape index (κ3) is 7.90. The first-order chi connectivity index (χ1) is 16.8. The van der Waals surface area contributed by atoms with Crippen LogP contribution >= 0.6 is 11.3 Å². The van der Waals surface area contributed by atoms with E-state index in [1.54, 1.807) is 17.4 Å². The van der Waals surface area contributed by atoms with Crippen LogP contribution in [0.1, 0.15) is 55.7 Å². The quantitative estimate of drug-likeness (QED) is 0.406. The first-order valence-corrected chi connectivity index (χ1v) is 13.4. The van der Waals surface area contributed by atoms with Gasteiger partial charge in [-0.15, -0.1) is 17.9 Å². The predicted octanol–water partition coefficient (Wildman–Crippen LogP) is 4.65. The average molecular weight is 501 g/mol. The Hall–Kier alpha value is -2.19. The fourth-order valence-corrected chi connectivity index (χ4v) is 5.25. The zero-order valence-corrected chi connectivity index (χ0v) is 22.3. The molecule has 6 nitrogen and oxygen atoms in total. The van der Waals surface area contributed by atoms with Crippen LogP contribution in [0.4, 0.5) is 0 Å². The van der Waals surface area contributed by atoms with Crippen LogP contribution in [0, 0.1) is 0 Å². The molecule has 1 aromatic carbocycles. The molecule has 35 heavy (non-hydrogen) atoms. The van der Waals surface area contributed by atoms with E-state index in [2.05, 4.69) is 44.0 Å². The Morgan fingerprint density at radius 2 is 2.00 bits per heavy atom. The minimum atomic E-state index is -0.664. The number of aliphatic hydroxyl groups excluding tert-OH is 1. The zero-order chi connectivity index (χ0) is 25.4. The molecule has 0 fully saturated rings. The van der Waals surface area contributed by atoms with Crippen LogP contribution in [0.15, 0.2) is 48.4 Å². The molecule has 2 atom stereocenters. The molecule has 7 heteroatoms. The molecule has 192 valence electrons. The minimum absolute atomic E-state index is 0.0319. The van der Waals surface area contributed by atoms with Crippen molar-refractivity contribution < 1.29 is 19.4 Å². The number of carbonyl (C=O) groups excluding carboxylic acids is 1. The Bertz CT molecular complexity index is 941. The molecular formula is C28H40N2O4S. The molecule has 0 aliphatic carbocycles. The van der Waals surface area contributed by atoms with Gasteiger partial charge in [-0.1, -0.05) is 32.1 Å². The third-order valence-corrected chi connectivity index (χ3v) is 7.20. The van der Waals surface area contributed by atoms with Gasteiger partial charge in [0, 0.05) is 24.5 Å². The lowest BCUT2D eigenvalue weighted by atomic mass is 10.00. The number of carbonyl (C=O) groups is 1. The highest BCUT2D eigenvalue weighted by Gasteiger charge is 2.33. The largest absolute Gasteiger partial charge is 0.491 e. The van der Waals surface area contributed by atoms with Gasteiger partial charge < -0.3 is 19.5 Å². The number of rotatable bonds is 13. The smallest absolute Gasteiger partial charge is 0.237 e. The SMILES string of the molecule is C=CCN(CC(=O)N1CCc2sccc2C1COc1ccc(C(C)C)cc1)CC(O)COC(C)C. The van der Waals surface area contributed by atoms with Crippen LogP contribution in [-0.4, -0.2) is 72.4 Å². The molecule has 2 unspecified atom stereocenters. The molecule has 0 radical (unpaired) electrons. The van der Waals surface area contributed by atoms with E-state index in [0.717, 1.165) is 12.2 Å². The first-order valence-electron chi connectivity index (χ1n) is 12.5. The molecule has 1 aliphatic heterocycles. The molecule has 2 aromatic rings. The number of nitrogens with zero attached hydrogens (tertiary/aromatic N) is 2. The summed E-state index contributed by atoms with van der Waals surface area (Å²) in [4.78, 5) is 18.7. The lowest BCUT2D eigenvalue weighted by molar-refractivity contribution is -0.136. The van der Waals surface area contributed by atoms with Gasteiger partial charge in [-0.3, -0.25) is 9.69 Å². The van der Waals surface area contributed by atoms with Gasteiger partial charge in [-0.2, -0.15) is 0 Å². The molecule has 0 saturated heterocycles. The van der Waals surface area contributed by atoms with Crippen molar-refractivity contribution >= 4 is 17.2 Å². The molecule has 0 saturated carbocycles. The van der Waals surface area contributed by atoms with Gasteiger partial charge in [-0.25, -0.2) is 0 Å². The van der Waals surface area contributed by atoms with Crippen molar-refractivity contribution in [3.63, 3.8) is 0 Å². The molecule has 0 spiro atoms. The maximum atomic E-state index is 13.5. The fraction of sp³-hybridized carbons (Fsp3) is 0.536. The van der Waals surface area contributed by atoms with Crippen molar-refractivity contribution in [2.75, 3.05) is 39.4 Å². The Morgan fingerprint density at radius 3 is 2.66 bits per heavy atom. The number of hydrogen-bond donors (Lipinski definition) is 1. The summed E-state index contributed by atoms with van der Waals surface area (Å²) in [6.07, 6.45) is 2.00. The molecule has 1 aromatic heterocycles. The van der Waals surface area contributed by atoms with Crippen molar-refractivity contribution in [3.05, 3.63) is 64.4 Å². The minimum Gasteiger partial charge on any atom is -0.491 e.